The Hall–Kier alpha value is -2.97. The van der Waals surface area contributed by atoms with E-state index in [0.29, 0.717) is 0 Å². The first-order valence-electron chi connectivity index (χ1n) is 10.6. The standard InChI is InChI=1S/C24H28Cl2N2O6/c1-12(2)22(13(3)4)28(5)24(33)16-10-15(6-7-19(16)29)34-23-17(25)8-14(9-18(23)26)27-20(30)11-21(31)32/h6-10,12-13,22,29H,11H2,1-5H3,(H,27,30)(H,31,32). The maximum atomic E-state index is 13.2. The Labute approximate surface area is 208 Å². The Balaban J connectivity index is 2.30. The van der Waals surface area contributed by atoms with Crippen LogP contribution in [-0.4, -0.2) is 46.0 Å². The fourth-order valence-electron chi connectivity index (χ4n) is 3.93. The third-order valence-corrected chi connectivity index (χ3v) is 5.71. The van der Waals surface area contributed by atoms with E-state index in [9.17, 15) is 19.5 Å². The highest BCUT2D eigenvalue weighted by Crippen LogP contribution is 2.40. The van der Waals surface area contributed by atoms with Crippen LogP contribution in [0.2, 0.25) is 10.0 Å². The van der Waals surface area contributed by atoms with Crippen LogP contribution in [0.5, 0.6) is 17.2 Å². The van der Waals surface area contributed by atoms with Gasteiger partial charge in [0.1, 0.15) is 17.9 Å². The topological polar surface area (TPSA) is 116 Å². The van der Waals surface area contributed by atoms with Gasteiger partial charge in [-0.2, -0.15) is 0 Å². The van der Waals surface area contributed by atoms with Gasteiger partial charge < -0.3 is 25.2 Å². The number of halogens is 2. The van der Waals surface area contributed by atoms with Gasteiger partial charge in [0.2, 0.25) is 5.91 Å². The SMILES string of the molecule is CC(C)C(C(C)C)N(C)C(=O)c1cc(Oc2c(Cl)cc(NC(=O)CC(=O)O)cc2Cl)ccc1O. The minimum Gasteiger partial charge on any atom is -0.507 e. The Kier molecular flexibility index (Phi) is 9.18. The molecule has 2 aromatic carbocycles. The van der Waals surface area contributed by atoms with Crippen molar-refractivity contribution in [2.24, 2.45) is 11.8 Å². The van der Waals surface area contributed by atoms with Crippen LogP contribution >= 0.6 is 23.2 Å². The third kappa shape index (κ3) is 6.77. The van der Waals surface area contributed by atoms with E-state index in [4.69, 9.17) is 33.0 Å². The van der Waals surface area contributed by atoms with Crippen molar-refractivity contribution in [3.63, 3.8) is 0 Å². The smallest absolute Gasteiger partial charge is 0.312 e. The Morgan fingerprint density at radius 1 is 1.03 bits per heavy atom. The highest BCUT2D eigenvalue weighted by atomic mass is 35.5. The van der Waals surface area contributed by atoms with E-state index in [0.717, 1.165) is 0 Å². The predicted molar refractivity (Wildman–Crippen MR) is 131 cm³/mol. The number of nitrogens with zero attached hydrogens (tertiary/aromatic N) is 1. The summed E-state index contributed by atoms with van der Waals surface area (Å²) in [5, 5.41) is 21.5. The molecule has 2 amide bonds. The van der Waals surface area contributed by atoms with Crippen molar-refractivity contribution in [1.29, 1.82) is 0 Å². The van der Waals surface area contributed by atoms with Crippen molar-refractivity contribution in [2.45, 2.75) is 40.2 Å². The number of phenolic OH excluding ortho intramolecular Hbond substituents is 1. The van der Waals surface area contributed by atoms with Gasteiger partial charge in [0.25, 0.3) is 5.91 Å². The fourth-order valence-corrected chi connectivity index (χ4v) is 4.49. The van der Waals surface area contributed by atoms with Gasteiger partial charge >= 0.3 is 5.97 Å². The predicted octanol–water partition coefficient (Wildman–Crippen LogP) is 5.66. The van der Waals surface area contributed by atoms with Gasteiger partial charge in [0.05, 0.1) is 15.6 Å². The van der Waals surface area contributed by atoms with Gasteiger partial charge in [-0.15, -0.1) is 0 Å². The molecule has 2 rings (SSSR count). The summed E-state index contributed by atoms with van der Waals surface area (Å²) in [7, 11) is 1.70. The van der Waals surface area contributed by atoms with Crippen molar-refractivity contribution in [1.82, 2.24) is 4.90 Å². The van der Waals surface area contributed by atoms with Gasteiger partial charge in [-0.3, -0.25) is 14.4 Å². The number of carboxylic acid groups (broad SMARTS) is 1. The second kappa shape index (κ2) is 11.4. The van der Waals surface area contributed by atoms with Crippen LogP contribution in [0.15, 0.2) is 30.3 Å². The molecule has 2 aromatic rings. The normalized spacial score (nSPS) is 11.1. The molecule has 3 N–H and O–H groups in total. The van der Waals surface area contributed by atoms with Crippen molar-refractivity contribution in [2.75, 3.05) is 12.4 Å². The zero-order valence-electron chi connectivity index (χ0n) is 19.6. The van der Waals surface area contributed by atoms with E-state index in [2.05, 4.69) is 5.32 Å². The highest BCUT2D eigenvalue weighted by Gasteiger charge is 2.28. The number of anilines is 1. The number of carbonyl (C=O) groups excluding carboxylic acids is 2. The molecule has 0 bridgehead atoms. The van der Waals surface area contributed by atoms with Crippen LogP contribution in [0, 0.1) is 11.8 Å². The number of carboxylic acids is 1. The molecule has 0 saturated heterocycles. The lowest BCUT2D eigenvalue weighted by molar-refractivity contribution is -0.139. The summed E-state index contributed by atoms with van der Waals surface area (Å²) in [4.78, 5) is 37.1. The molecule has 0 aromatic heterocycles. The average Bonchev–Trinajstić information content (AvgIpc) is 2.70. The average molecular weight is 511 g/mol. The monoisotopic (exact) mass is 510 g/mol. The fraction of sp³-hybridized carbons (Fsp3) is 0.375. The Bertz CT molecular complexity index is 1060. The summed E-state index contributed by atoms with van der Waals surface area (Å²) >= 11 is 12.5. The zero-order valence-corrected chi connectivity index (χ0v) is 21.1. The molecule has 184 valence electrons. The van der Waals surface area contributed by atoms with E-state index in [1.807, 2.05) is 27.7 Å². The first kappa shape index (κ1) is 27.3. The van der Waals surface area contributed by atoms with E-state index in [1.54, 1.807) is 11.9 Å². The van der Waals surface area contributed by atoms with Crippen LogP contribution in [0.25, 0.3) is 0 Å². The van der Waals surface area contributed by atoms with Gasteiger partial charge in [-0.05, 0) is 42.2 Å². The van der Waals surface area contributed by atoms with Crippen molar-refractivity contribution in [3.8, 4) is 17.2 Å². The number of rotatable bonds is 9. The maximum Gasteiger partial charge on any atom is 0.312 e. The Morgan fingerprint density at radius 3 is 2.09 bits per heavy atom. The molecule has 0 aliphatic carbocycles. The lowest BCUT2D eigenvalue weighted by atomic mass is 9.91. The zero-order chi connectivity index (χ0) is 25.7. The number of carbonyl (C=O) groups is 3. The molecule has 0 unspecified atom stereocenters. The number of aliphatic carboxylic acids is 1. The molecule has 0 aliphatic heterocycles. The lowest BCUT2D eigenvalue weighted by Gasteiger charge is -2.34. The van der Waals surface area contributed by atoms with Gasteiger partial charge in [0, 0.05) is 18.8 Å². The van der Waals surface area contributed by atoms with Crippen molar-refractivity contribution >= 4 is 46.7 Å². The number of ether oxygens (including phenoxy) is 1. The molecule has 0 fully saturated rings. The number of hydrogen-bond donors (Lipinski definition) is 3. The summed E-state index contributed by atoms with van der Waals surface area (Å²) < 4.78 is 5.79. The number of amides is 2. The first-order chi connectivity index (χ1) is 15.8. The van der Waals surface area contributed by atoms with Crippen molar-refractivity contribution < 1.29 is 29.3 Å². The number of aromatic hydroxyl groups is 1. The van der Waals surface area contributed by atoms with Crippen LogP contribution in [0.1, 0.15) is 44.5 Å². The molecule has 8 nitrogen and oxygen atoms in total. The molecule has 10 heteroatoms. The summed E-state index contributed by atoms with van der Waals surface area (Å²) in [6.07, 6.45) is -0.708. The van der Waals surface area contributed by atoms with E-state index >= 15 is 0 Å². The van der Waals surface area contributed by atoms with Gasteiger partial charge in [-0.1, -0.05) is 50.9 Å². The van der Waals surface area contributed by atoms with Crippen molar-refractivity contribution in [3.05, 3.63) is 45.9 Å². The minimum atomic E-state index is -1.27. The molecular formula is C24H28Cl2N2O6. The van der Waals surface area contributed by atoms with Crippen LogP contribution in [-0.2, 0) is 9.59 Å². The van der Waals surface area contributed by atoms with Crippen LogP contribution in [0.4, 0.5) is 5.69 Å². The molecule has 0 atom stereocenters. The molecule has 0 aliphatic rings. The van der Waals surface area contributed by atoms with Gasteiger partial charge in [-0.25, -0.2) is 0 Å². The molecule has 34 heavy (non-hydrogen) atoms. The molecule has 0 radical (unpaired) electrons. The maximum absolute atomic E-state index is 13.2. The summed E-state index contributed by atoms with van der Waals surface area (Å²) in [6.45, 7) is 8.13. The van der Waals surface area contributed by atoms with E-state index < -0.39 is 18.3 Å². The number of benzene rings is 2. The Morgan fingerprint density at radius 2 is 1.59 bits per heavy atom. The summed E-state index contributed by atoms with van der Waals surface area (Å²) in [5.74, 6) is -1.85. The van der Waals surface area contributed by atoms with E-state index in [1.165, 1.54) is 30.3 Å². The van der Waals surface area contributed by atoms with Crippen LogP contribution < -0.4 is 10.1 Å². The number of phenols is 1. The second-order valence-electron chi connectivity index (χ2n) is 8.56. The molecule has 0 saturated carbocycles. The molecular weight excluding hydrogens is 483 g/mol. The third-order valence-electron chi connectivity index (χ3n) is 5.15. The second-order valence-corrected chi connectivity index (χ2v) is 9.38. The largest absolute Gasteiger partial charge is 0.507 e. The van der Waals surface area contributed by atoms with Gasteiger partial charge in [0.15, 0.2) is 5.75 Å². The van der Waals surface area contributed by atoms with E-state index in [-0.39, 0.29) is 62.3 Å². The summed E-state index contributed by atoms with van der Waals surface area (Å²) in [6, 6.07) is 6.89. The highest BCUT2D eigenvalue weighted by molar-refractivity contribution is 6.37. The first-order valence-corrected chi connectivity index (χ1v) is 11.4. The number of nitrogens with one attached hydrogen (secondary N) is 1. The quantitative estimate of drug-likeness (QED) is 0.375. The molecule has 0 spiro atoms. The lowest BCUT2D eigenvalue weighted by Crippen LogP contribution is -2.43. The summed E-state index contributed by atoms with van der Waals surface area (Å²) in [5.41, 5.74) is 0.265. The minimum absolute atomic E-state index is 0.0377. The molecule has 0 heterocycles. The number of hydrogen-bond acceptors (Lipinski definition) is 5. The van der Waals surface area contributed by atoms with Crippen LogP contribution in [0.3, 0.4) is 0 Å².